The van der Waals surface area contributed by atoms with Crippen molar-refractivity contribution >= 4 is 17.4 Å². The monoisotopic (exact) mass is 403 g/mol. The van der Waals surface area contributed by atoms with Crippen LogP contribution in [-0.4, -0.2) is 38.1 Å². The minimum Gasteiger partial charge on any atom is -0.391 e. The Morgan fingerprint density at radius 3 is 2.80 bits per heavy atom. The number of hydrogen-bond acceptors (Lipinski definition) is 6. The molecule has 1 aliphatic rings. The highest BCUT2D eigenvalue weighted by atomic mass is 16.3. The van der Waals surface area contributed by atoms with Crippen molar-refractivity contribution in [3.63, 3.8) is 0 Å². The van der Waals surface area contributed by atoms with Crippen LogP contribution < -0.4 is 10.6 Å². The van der Waals surface area contributed by atoms with E-state index in [0.29, 0.717) is 17.2 Å². The summed E-state index contributed by atoms with van der Waals surface area (Å²) in [4.78, 5) is 25.7. The highest BCUT2D eigenvalue weighted by Gasteiger charge is 2.25. The van der Waals surface area contributed by atoms with Gasteiger partial charge in [0.15, 0.2) is 5.82 Å². The molecule has 3 N–H and O–H groups in total. The predicted molar refractivity (Wildman–Crippen MR) is 115 cm³/mol. The molecule has 7 heteroatoms. The fraction of sp³-hybridized carbons (Fsp3) is 0.304. The molecule has 1 saturated carbocycles. The largest absolute Gasteiger partial charge is 0.391 e. The number of aryl methyl sites for hydroxylation is 1. The number of carbonyl (C=O) groups is 1. The van der Waals surface area contributed by atoms with Gasteiger partial charge in [-0.15, -0.1) is 0 Å². The molecule has 2 atom stereocenters. The standard InChI is InChI=1S/C23H25N5O2/c1-15-8-9-16(23(30)27-18-6-2-3-7-20(18)29)13-19(15)26-21-10-12-25-22(28-21)17-5-4-11-24-14-17/h4-5,8-14,18,20,29H,2-3,6-7H2,1H3,(H,27,30)(H,25,26,28)/t18-,20-/m0/s1. The van der Waals surface area contributed by atoms with Crippen LogP contribution in [0, 0.1) is 6.92 Å². The highest BCUT2D eigenvalue weighted by Crippen LogP contribution is 2.23. The zero-order chi connectivity index (χ0) is 20.9. The second-order valence-electron chi connectivity index (χ2n) is 7.59. The Morgan fingerprint density at radius 2 is 2.00 bits per heavy atom. The number of anilines is 2. The maximum atomic E-state index is 12.7. The molecule has 154 valence electrons. The van der Waals surface area contributed by atoms with Crippen molar-refractivity contribution in [2.75, 3.05) is 5.32 Å². The minimum absolute atomic E-state index is 0.178. The number of amides is 1. The summed E-state index contributed by atoms with van der Waals surface area (Å²) in [7, 11) is 0. The van der Waals surface area contributed by atoms with Crippen LogP contribution >= 0.6 is 0 Å². The third-order valence-electron chi connectivity index (χ3n) is 5.38. The fourth-order valence-corrected chi connectivity index (χ4v) is 3.63. The van der Waals surface area contributed by atoms with Crippen molar-refractivity contribution in [2.24, 2.45) is 0 Å². The quantitative estimate of drug-likeness (QED) is 0.602. The lowest BCUT2D eigenvalue weighted by molar-refractivity contribution is 0.0717. The molecule has 30 heavy (non-hydrogen) atoms. The topological polar surface area (TPSA) is 100 Å². The summed E-state index contributed by atoms with van der Waals surface area (Å²) < 4.78 is 0. The van der Waals surface area contributed by atoms with Gasteiger partial charge in [0, 0.05) is 35.4 Å². The first-order chi connectivity index (χ1) is 14.6. The SMILES string of the molecule is Cc1ccc(C(=O)N[C@H]2CCCC[C@@H]2O)cc1Nc1ccnc(-c2cccnc2)n1. The Kier molecular flexibility index (Phi) is 5.99. The van der Waals surface area contributed by atoms with Gasteiger partial charge in [0.25, 0.3) is 5.91 Å². The number of rotatable bonds is 5. The highest BCUT2D eigenvalue weighted by molar-refractivity contribution is 5.95. The average molecular weight is 403 g/mol. The van der Waals surface area contributed by atoms with Crippen LogP contribution in [0.4, 0.5) is 11.5 Å². The van der Waals surface area contributed by atoms with Crippen LogP contribution in [-0.2, 0) is 0 Å². The lowest BCUT2D eigenvalue weighted by atomic mass is 9.92. The van der Waals surface area contributed by atoms with E-state index in [2.05, 4.69) is 25.6 Å². The van der Waals surface area contributed by atoms with E-state index in [9.17, 15) is 9.90 Å². The van der Waals surface area contributed by atoms with E-state index in [1.807, 2.05) is 31.2 Å². The van der Waals surface area contributed by atoms with Gasteiger partial charge in [-0.1, -0.05) is 18.9 Å². The van der Waals surface area contributed by atoms with Gasteiger partial charge < -0.3 is 15.7 Å². The van der Waals surface area contributed by atoms with Gasteiger partial charge in [0.05, 0.1) is 12.1 Å². The van der Waals surface area contributed by atoms with Crippen LogP contribution in [0.2, 0.25) is 0 Å². The third kappa shape index (κ3) is 4.63. The smallest absolute Gasteiger partial charge is 0.251 e. The summed E-state index contributed by atoms with van der Waals surface area (Å²) in [5.41, 5.74) is 3.16. The van der Waals surface area contributed by atoms with Crippen LogP contribution in [0.3, 0.4) is 0 Å². The molecular formula is C23H25N5O2. The Balaban J connectivity index is 1.52. The van der Waals surface area contributed by atoms with Gasteiger partial charge in [-0.25, -0.2) is 9.97 Å². The Labute approximate surface area is 175 Å². The van der Waals surface area contributed by atoms with E-state index in [4.69, 9.17) is 0 Å². The summed E-state index contributed by atoms with van der Waals surface area (Å²) >= 11 is 0. The van der Waals surface area contributed by atoms with Crippen molar-refractivity contribution in [1.29, 1.82) is 0 Å². The van der Waals surface area contributed by atoms with Crippen molar-refractivity contribution < 1.29 is 9.90 Å². The van der Waals surface area contributed by atoms with Gasteiger partial charge in [-0.3, -0.25) is 9.78 Å². The molecule has 1 fully saturated rings. The molecule has 4 rings (SSSR count). The molecule has 2 heterocycles. The zero-order valence-electron chi connectivity index (χ0n) is 16.9. The molecule has 3 aromatic rings. The fourth-order valence-electron chi connectivity index (χ4n) is 3.63. The summed E-state index contributed by atoms with van der Waals surface area (Å²) in [5.74, 6) is 1.03. The first-order valence-corrected chi connectivity index (χ1v) is 10.2. The molecule has 0 unspecified atom stereocenters. The molecule has 2 aromatic heterocycles. The number of hydrogen-bond donors (Lipinski definition) is 3. The van der Waals surface area contributed by atoms with E-state index >= 15 is 0 Å². The molecule has 0 spiro atoms. The van der Waals surface area contributed by atoms with Crippen LogP contribution in [0.15, 0.2) is 55.0 Å². The van der Waals surface area contributed by atoms with Gasteiger partial charge >= 0.3 is 0 Å². The predicted octanol–water partition coefficient (Wildman–Crippen LogP) is 3.62. The van der Waals surface area contributed by atoms with Crippen LogP contribution in [0.1, 0.15) is 41.6 Å². The minimum atomic E-state index is -0.474. The van der Waals surface area contributed by atoms with E-state index in [0.717, 1.165) is 42.5 Å². The van der Waals surface area contributed by atoms with Crippen LogP contribution in [0.25, 0.3) is 11.4 Å². The lowest BCUT2D eigenvalue weighted by Crippen LogP contribution is -2.45. The number of carbonyl (C=O) groups excluding carboxylic acids is 1. The van der Waals surface area contributed by atoms with Gasteiger partial charge in [-0.2, -0.15) is 0 Å². The molecular weight excluding hydrogens is 378 g/mol. The molecule has 7 nitrogen and oxygen atoms in total. The van der Waals surface area contributed by atoms with Crippen molar-refractivity contribution in [3.05, 3.63) is 66.1 Å². The number of pyridine rings is 1. The zero-order valence-corrected chi connectivity index (χ0v) is 16.9. The lowest BCUT2D eigenvalue weighted by Gasteiger charge is -2.28. The van der Waals surface area contributed by atoms with E-state index in [1.165, 1.54) is 0 Å². The van der Waals surface area contributed by atoms with E-state index in [-0.39, 0.29) is 11.9 Å². The summed E-state index contributed by atoms with van der Waals surface area (Å²) in [6.07, 6.45) is 8.21. The summed E-state index contributed by atoms with van der Waals surface area (Å²) in [6, 6.07) is 10.9. The van der Waals surface area contributed by atoms with Crippen molar-refractivity contribution in [3.8, 4) is 11.4 Å². The molecule has 1 aliphatic carbocycles. The second kappa shape index (κ2) is 9.00. The first kappa shape index (κ1) is 20.0. The van der Waals surface area contributed by atoms with E-state index < -0.39 is 6.10 Å². The number of aliphatic hydroxyl groups excluding tert-OH is 1. The molecule has 1 amide bonds. The Hall–Kier alpha value is -3.32. The molecule has 0 aliphatic heterocycles. The third-order valence-corrected chi connectivity index (χ3v) is 5.38. The number of aliphatic hydroxyl groups is 1. The maximum Gasteiger partial charge on any atom is 0.251 e. The van der Waals surface area contributed by atoms with E-state index in [1.54, 1.807) is 30.7 Å². The van der Waals surface area contributed by atoms with Gasteiger partial charge in [0.2, 0.25) is 0 Å². The molecule has 0 bridgehead atoms. The van der Waals surface area contributed by atoms with Crippen molar-refractivity contribution in [2.45, 2.75) is 44.8 Å². The number of aromatic nitrogens is 3. The number of nitrogens with one attached hydrogen (secondary N) is 2. The second-order valence-corrected chi connectivity index (χ2v) is 7.59. The normalized spacial score (nSPS) is 18.6. The summed E-state index contributed by atoms with van der Waals surface area (Å²) in [5, 5.41) is 16.4. The average Bonchev–Trinajstić information content (AvgIpc) is 2.77. The van der Waals surface area contributed by atoms with Crippen molar-refractivity contribution in [1.82, 2.24) is 20.3 Å². The van der Waals surface area contributed by atoms with Gasteiger partial charge in [0.1, 0.15) is 5.82 Å². The number of benzene rings is 1. The first-order valence-electron chi connectivity index (χ1n) is 10.2. The maximum absolute atomic E-state index is 12.7. The molecule has 1 aromatic carbocycles. The Bertz CT molecular complexity index is 1030. The molecule has 0 radical (unpaired) electrons. The van der Waals surface area contributed by atoms with Crippen LogP contribution in [0.5, 0.6) is 0 Å². The number of nitrogens with zero attached hydrogens (tertiary/aromatic N) is 3. The van der Waals surface area contributed by atoms with Gasteiger partial charge in [-0.05, 0) is 55.7 Å². The molecule has 0 saturated heterocycles. The Morgan fingerprint density at radius 1 is 1.13 bits per heavy atom. The summed E-state index contributed by atoms with van der Waals surface area (Å²) in [6.45, 7) is 1.97.